The molecule has 2 unspecified atom stereocenters. The van der Waals surface area contributed by atoms with Crippen molar-refractivity contribution in [1.29, 1.82) is 0 Å². The number of para-hydroxylation sites is 1. The lowest BCUT2D eigenvalue weighted by atomic mass is 9.96. The maximum absolute atomic E-state index is 6.52. The first kappa shape index (κ1) is 21.3. The van der Waals surface area contributed by atoms with E-state index in [0.29, 0.717) is 5.02 Å². The molecule has 0 spiro atoms. The lowest BCUT2D eigenvalue weighted by Gasteiger charge is -2.38. The minimum atomic E-state index is -0.372. The van der Waals surface area contributed by atoms with Crippen LogP contribution in [-0.4, -0.2) is 10.7 Å². The van der Waals surface area contributed by atoms with Gasteiger partial charge in [0.1, 0.15) is 17.2 Å². The van der Waals surface area contributed by atoms with Gasteiger partial charge >= 0.3 is 0 Å². The fraction of sp³-hybridized carbons (Fsp3) is 0.107. The second-order valence-electron chi connectivity index (χ2n) is 8.29. The number of ether oxygens (including phenoxy) is 2. The normalized spacial score (nSPS) is 18.5. The summed E-state index contributed by atoms with van der Waals surface area (Å²) in [6.45, 7) is 0. The second-order valence-corrected chi connectivity index (χ2v) is 9.65. The van der Waals surface area contributed by atoms with E-state index >= 15 is 0 Å². The Kier molecular flexibility index (Phi) is 5.52. The summed E-state index contributed by atoms with van der Waals surface area (Å²) in [5.41, 5.74) is 4.18. The molecule has 0 bridgehead atoms. The van der Waals surface area contributed by atoms with Gasteiger partial charge in [-0.1, -0.05) is 70.0 Å². The molecule has 2 heterocycles. The molecule has 0 aliphatic carbocycles. The number of nitrogens with zero attached hydrogens (tertiary/aromatic N) is 2. The average Bonchev–Trinajstić information content (AvgIpc) is 3.31. The Balaban J connectivity index is 1.39. The Morgan fingerprint density at radius 3 is 2.50 bits per heavy atom. The van der Waals surface area contributed by atoms with Crippen molar-refractivity contribution in [1.82, 2.24) is 5.01 Å². The van der Waals surface area contributed by atoms with Gasteiger partial charge in [0.2, 0.25) is 6.23 Å². The van der Waals surface area contributed by atoms with E-state index in [4.69, 9.17) is 26.2 Å². The van der Waals surface area contributed by atoms with Crippen LogP contribution in [0.5, 0.6) is 17.2 Å². The molecule has 4 nitrogen and oxygen atoms in total. The zero-order valence-corrected chi connectivity index (χ0v) is 20.4. The predicted octanol–water partition coefficient (Wildman–Crippen LogP) is 8.14. The molecule has 0 fully saturated rings. The highest BCUT2D eigenvalue weighted by Crippen LogP contribution is 2.48. The summed E-state index contributed by atoms with van der Waals surface area (Å²) in [5.74, 6) is 2.42. The fourth-order valence-corrected chi connectivity index (χ4v) is 4.96. The first-order chi connectivity index (χ1) is 16.6. The highest BCUT2D eigenvalue weighted by Gasteiger charge is 2.41. The summed E-state index contributed by atoms with van der Waals surface area (Å²) < 4.78 is 13.6. The summed E-state index contributed by atoms with van der Waals surface area (Å²) >= 11 is 9.73. The number of rotatable bonds is 4. The van der Waals surface area contributed by atoms with Gasteiger partial charge < -0.3 is 9.47 Å². The van der Waals surface area contributed by atoms with E-state index in [-0.39, 0.29) is 12.3 Å². The van der Waals surface area contributed by atoms with Crippen molar-refractivity contribution in [2.75, 3.05) is 0 Å². The molecule has 6 rings (SSSR count). The van der Waals surface area contributed by atoms with Crippen LogP contribution in [0.15, 0.2) is 107 Å². The van der Waals surface area contributed by atoms with Crippen LogP contribution in [0, 0.1) is 0 Å². The molecule has 0 amide bonds. The van der Waals surface area contributed by atoms with E-state index in [2.05, 4.69) is 33.1 Å². The Hall–Kier alpha value is -3.28. The molecule has 168 valence electrons. The third-order valence-electron chi connectivity index (χ3n) is 6.05. The van der Waals surface area contributed by atoms with Crippen LogP contribution < -0.4 is 9.47 Å². The topological polar surface area (TPSA) is 34.1 Å². The molecule has 34 heavy (non-hydrogen) atoms. The molecular weight excluding hydrogens is 512 g/mol. The van der Waals surface area contributed by atoms with E-state index in [1.807, 2.05) is 84.9 Å². The molecule has 2 aliphatic heterocycles. The fourth-order valence-electron chi connectivity index (χ4n) is 4.45. The number of halogens is 2. The van der Waals surface area contributed by atoms with Crippen molar-refractivity contribution >= 4 is 33.2 Å². The van der Waals surface area contributed by atoms with Gasteiger partial charge in [-0.25, -0.2) is 5.01 Å². The zero-order valence-electron chi connectivity index (χ0n) is 18.1. The molecule has 0 saturated heterocycles. The van der Waals surface area contributed by atoms with Crippen LogP contribution in [0.1, 0.15) is 35.4 Å². The number of fused-ring (bicyclic) bond motifs is 3. The molecule has 2 aliphatic rings. The SMILES string of the molecule is Clc1ccc(C2=NN3C(C2)c2cc(Br)ccc2OC3c2cccc(Oc3ccccc3)c2)cc1. The van der Waals surface area contributed by atoms with Gasteiger partial charge in [0.15, 0.2) is 0 Å². The van der Waals surface area contributed by atoms with Crippen LogP contribution in [0.25, 0.3) is 0 Å². The summed E-state index contributed by atoms with van der Waals surface area (Å²) in [4.78, 5) is 0. The van der Waals surface area contributed by atoms with Crippen molar-refractivity contribution in [2.24, 2.45) is 5.10 Å². The lowest BCUT2D eigenvalue weighted by Crippen LogP contribution is -2.33. The van der Waals surface area contributed by atoms with Crippen LogP contribution in [0.2, 0.25) is 5.02 Å². The highest BCUT2D eigenvalue weighted by molar-refractivity contribution is 9.10. The van der Waals surface area contributed by atoms with Crippen LogP contribution in [0.3, 0.4) is 0 Å². The number of benzene rings is 4. The second kappa shape index (κ2) is 8.82. The van der Waals surface area contributed by atoms with Crippen molar-refractivity contribution in [2.45, 2.75) is 18.7 Å². The molecule has 0 N–H and O–H groups in total. The molecule has 4 aromatic rings. The lowest BCUT2D eigenvalue weighted by molar-refractivity contribution is -0.0191. The molecule has 0 saturated carbocycles. The van der Waals surface area contributed by atoms with Crippen molar-refractivity contribution in [3.05, 3.63) is 123 Å². The van der Waals surface area contributed by atoms with Gasteiger partial charge in [0, 0.05) is 27.0 Å². The van der Waals surface area contributed by atoms with Gasteiger partial charge in [-0.3, -0.25) is 0 Å². The highest BCUT2D eigenvalue weighted by atomic mass is 79.9. The zero-order chi connectivity index (χ0) is 23.1. The first-order valence-electron chi connectivity index (χ1n) is 11.0. The van der Waals surface area contributed by atoms with E-state index in [0.717, 1.165) is 50.5 Å². The van der Waals surface area contributed by atoms with E-state index in [1.165, 1.54) is 0 Å². The predicted molar refractivity (Wildman–Crippen MR) is 138 cm³/mol. The average molecular weight is 532 g/mol. The summed E-state index contributed by atoms with van der Waals surface area (Å²) in [5, 5.41) is 7.82. The monoisotopic (exact) mass is 530 g/mol. The summed E-state index contributed by atoms with van der Waals surface area (Å²) in [6, 6.07) is 31.9. The third kappa shape index (κ3) is 4.06. The summed E-state index contributed by atoms with van der Waals surface area (Å²) in [7, 11) is 0. The molecule has 0 aromatic heterocycles. The van der Waals surface area contributed by atoms with Crippen molar-refractivity contribution in [3.8, 4) is 17.2 Å². The van der Waals surface area contributed by atoms with Gasteiger partial charge in [-0.15, -0.1) is 0 Å². The molecule has 4 aromatic carbocycles. The summed E-state index contributed by atoms with van der Waals surface area (Å²) in [6.07, 6.45) is 0.410. The molecule has 2 atom stereocenters. The Morgan fingerprint density at radius 2 is 1.68 bits per heavy atom. The molecule has 0 radical (unpaired) electrons. The van der Waals surface area contributed by atoms with Gasteiger partial charge in [-0.05, 0) is 60.2 Å². The first-order valence-corrected chi connectivity index (χ1v) is 12.2. The van der Waals surface area contributed by atoms with E-state index < -0.39 is 0 Å². The van der Waals surface area contributed by atoms with Gasteiger partial charge in [0.25, 0.3) is 0 Å². The van der Waals surface area contributed by atoms with Gasteiger partial charge in [-0.2, -0.15) is 5.10 Å². The smallest absolute Gasteiger partial charge is 0.214 e. The van der Waals surface area contributed by atoms with Crippen LogP contribution in [0.4, 0.5) is 0 Å². The maximum atomic E-state index is 6.52. The quantitative estimate of drug-likeness (QED) is 0.266. The van der Waals surface area contributed by atoms with E-state index in [9.17, 15) is 0 Å². The Bertz CT molecular complexity index is 1380. The Morgan fingerprint density at radius 1 is 0.882 bits per heavy atom. The molecular formula is C28H20BrClN2O2. The van der Waals surface area contributed by atoms with Crippen molar-refractivity contribution in [3.63, 3.8) is 0 Å². The Labute approximate surface area is 211 Å². The maximum Gasteiger partial charge on any atom is 0.214 e. The minimum absolute atomic E-state index is 0.0654. The minimum Gasteiger partial charge on any atom is -0.464 e. The number of hydrazone groups is 1. The number of hydrogen-bond donors (Lipinski definition) is 0. The van der Waals surface area contributed by atoms with Gasteiger partial charge in [0.05, 0.1) is 11.8 Å². The number of hydrogen-bond acceptors (Lipinski definition) is 4. The van der Waals surface area contributed by atoms with Crippen LogP contribution >= 0.6 is 27.5 Å². The third-order valence-corrected chi connectivity index (χ3v) is 6.80. The standard InChI is InChI=1S/C28H20BrClN2O2/c29-20-11-14-27-24(16-20)26-17-25(18-9-12-21(30)13-10-18)31-32(26)28(34-27)19-5-4-8-23(15-19)33-22-6-2-1-3-7-22/h1-16,26,28H,17H2. The molecule has 6 heteroatoms. The van der Waals surface area contributed by atoms with Crippen LogP contribution in [-0.2, 0) is 0 Å². The largest absolute Gasteiger partial charge is 0.464 e. The van der Waals surface area contributed by atoms with Crippen molar-refractivity contribution < 1.29 is 9.47 Å². The van der Waals surface area contributed by atoms with E-state index in [1.54, 1.807) is 0 Å².